The quantitative estimate of drug-likeness (QED) is 0.776. The van der Waals surface area contributed by atoms with E-state index in [1.807, 2.05) is 30.3 Å². The summed E-state index contributed by atoms with van der Waals surface area (Å²) in [4.78, 5) is 26.1. The van der Waals surface area contributed by atoms with Crippen LogP contribution in [-0.4, -0.2) is 49.2 Å². The first kappa shape index (κ1) is 19.9. The van der Waals surface area contributed by atoms with Crippen molar-refractivity contribution >= 4 is 27.3 Å². The Bertz CT molecular complexity index is 942. The van der Waals surface area contributed by atoms with E-state index in [1.54, 1.807) is 31.2 Å². The van der Waals surface area contributed by atoms with E-state index in [0.29, 0.717) is 23.6 Å². The van der Waals surface area contributed by atoms with Crippen molar-refractivity contribution < 1.29 is 22.7 Å². The van der Waals surface area contributed by atoms with Gasteiger partial charge in [0.15, 0.2) is 9.84 Å². The summed E-state index contributed by atoms with van der Waals surface area (Å²) in [5.41, 5.74) is 0.453. The molecule has 8 heteroatoms. The highest BCUT2D eigenvalue weighted by Gasteiger charge is 2.35. The first-order chi connectivity index (χ1) is 13.4. The molecule has 2 aromatic carbocycles. The lowest BCUT2D eigenvalue weighted by molar-refractivity contribution is -0.144. The zero-order valence-corrected chi connectivity index (χ0v) is 16.3. The van der Waals surface area contributed by atoms with Crippen LogP contribution in [0.4, 0.5) is 5.69 Å². The molecule has 1 atom stereocenters. The summed E-state index contributed by atoms with van der Waals surface area (Å²) in [5.74, 6) is -0.268. The molecule has 0 aliphatic carbocycles. The van der Waals surface area contributed by atoms with Crippen LogP contribution < -0.4 is 10.1 Å². The molecule has 1 N–H and O–H groups in total. The van der Waals surface area contributed by atoms with Gasteiger partial charge in [-0.25, -0.2) is 8.42 Å². The minimum atomic E-state index is -3.14. The molecule has 28 heavy (non-hydrogen) atoms. The molecule has 0 bridgehead atoms. The van der Waals surface area contributed by atoms with Crippen LogP contribution in [-0.2, 0) is 19.4 Å². The predicted octanol–water partition coefficient (Wildman–Crippen LogP) is 2.45. The normalized spacial score (nSPS) is 17.7. The lowest BCUT2D eigenvalue weighted by Crippen LogP contribution is -2.46. The van der Waals surface area contributed by atoms with Crippen LogP contribution in [0.15, 0.2) is 54.6 Å². The molecule has 0 radical (unpaired) electrons. The Labute approximate surface area is 164 Å². The van der Waals surface area contributed by atoms with E-state index >= 15 is 0 Å². The van der Waals surface area contributed by atoms with Gasteiger partial charge < -0.3 is 15.0 Å². The van der Waals surface area contributed by atoms with Gasteiger partial charge in [0.2, 0.25) is 0 Å². The summed E-state index contributed by atoms with van der Waals surface area (Å²) in [6.45, 7) is 2.00. The summed E-state index contributed by atoms with van der Waals surface area (Å²) in [5, 5.41) is 2.56. The van der Waals surface area contributed by atoms with Gasteiger partial charge in [-0.15, -0.1) is 0 Å². The number of hydrogen-bond donors (Lipinski definition) is 1. The largest absolute Gasteiger partial charge is 0.457 e. The molecule has 7 nitrogen and oxygen atoms in total. The van der Waals surface area contributed by atoms with Gasteiger partial charge >= 0.3 is 11.8 Å². The van der Waals surface area contributed by atoms with Crippen LogP contribution in [0.5, 0.6) is 11.5 Å². The SMILES string of the molecule is CCN(C(=O)C(=O)Nc1ccc(Oc2ccccc2)cc1)C1CCS(=O)(=O)C1. The molecule has 1 saturated heterocycles. The van der Waals surface area contributed by atoms with Crippen LogP contribution in [0.1, 0.15) is 13.3 Å². The maximum Gasteiger partial charge on any atom is 0.313 e. The second kappa shape index (κ2) is 8.43. The van der Waals surface area contributed by atoms with E-state index in [4.69, 9.17) is 4.74 Å². The first-order valence-electron chi connectivity index (χ1n) is 9.03. The molecule has 1 unspecified atom stereocenters. The number of hydrogen-bond acceptors (Lipinski definition) is 5. The van der Waals surface area contributed by atoms with E-state index in [9.17, 15) is 18.0 Å². The van der Waals surface area contributed by atoms with Gasteiger partial charge in [0.25, 0.3) is 0 Å². The van der Waals surface area contributed by atoms with E-state index in [1.165, 1.54) is 4.90 Å². The number of amides is 2. The Morgan fingerprint density at radius 1 is 1.07 bits per heavy atom. The zero-order valence-electron chi connectivity index (χ0n) is 15.5. The van der Waals surface area contributed by atoms with Gasteiger partial charge in [0.1, 0.15) is 11.5 Å². The van der Waals surface area contributed by atoms with E-state index < -0.39 is 27.7 Å². The van der Waals surface area contributed by atoms with E-state index in [2.05, 4.69) is 5.32 Å². The van der Waals surface area contributed by atoms with Crippen molar-refractivity contribution in [2.45, 2.75) is 19.4 Å². The van der Waals surface area contributed by atoms with Gasteiger partial charge in [-0.1, -0.05) is 18.2 Å². The predicted molar refractivity (Wildman–Crippen MR) is 106 cm³/mol. The van der Waals surface area contributed by atoms with E-state index in [0.717, 1.165) is 0 Å². The lowest BCUT2D eigenvalue weighted by atomic mass is 10.2. The number of nitrogens with zero attached hydrogens (tertiary/aromatic N) is 1. The molecule has 1 fully saturated rings. The highest BCUT2D eigenvalue weighted by molar-refractivity contribution is 7.91. The second-order valence-electron chi connectivity index (χ2n) is 6.54. The first-order valence-corrected chi connectivity index (χ1v) is 10.9. The molecular weight excluding hydrogens is 380 g/mol. The lowest BCUT2D eigenvalue weighted by Gasteiger charge is -2.26. The summed E-state index contributed by atoms with van der Waals surface area (Å²) < 4.78 is 29.0. The maximum absolute atomic E-state index is 12.5. The molecule has 2 amide bonds. The Morgan fingerprint density at radius 3 is 2.29 bits per heavy atom. The van der Waals surface area contributed by atoms with E-state index in [-0.39, 0.29) is 18.1 Å². The van der Waals surface area contributed by atoms with Crippen molar-refractivity contribution in [3.63, 3.8) is 0 Å². The fraction of sp³-hybridized carbons (Fsp3) is 0.300. The molecule has 0 spiro atoms. The Morgan fingerprint density at radius 2 is 1.71 bits per heavy atom. The molecule has 1 heterocycles. The van der Waals surface area contributed by atoms with Crippen molar-refractivity contribution in [2.24, 2.45) is 0 Å². The number of rotatable bonds is 5. The number of carbonyl (C=O) groups excluding carboxylic acids is 2. The average Bonchev–Trinajstić information content (AvgIpc) is 3.04. The third kappa shape index (κ3) is 4.89. The smallest absolute Gasteiger partial charge is 0.313 e. The maximum atomic E-state index is 12.5. The number of anilines is 1. The summed E-state index contributed by atoms with van der Waals surface area (Å²) in [7, 11) is -3.14. The summed E-state index contributed by atoms with van der Waals surface area (Å²) in [6.07, 6.45) is 0.362. The highest BCUT2D eigenvalue weighted by atomic mass is 32.2. The molecule has 2 aromatic rings. The topological polar surface area (TPSA) is 92.8 Å². The molecule has 3 rings (SSSR count). The summed E-state index contributed by atoms with van der Waals surface area (Å²) >= 11 is 0. The van der Waals surface area contributed by atoms with Gasteiger partial charge in [-0.3, -0.25) is 9.59 Å². The number of para-hydroxylation sites is 1. The van der Waals surface area contributed by atoms with Crippen LogP contribution in [0.25, 0.3) is 0 Å². The monoisotopic (exact) mass is 402 g/mol. The third-order valence-electron chi connectivity index (χ3n) is 4.54. The number of benzene rings is 2. The van der Waals surface area contributed by atoms with Crippen molar-refractivity contribution in [2.75, 3.05) is 23.4 Å². The van der Waals surface area contributed by atoms with Crippen molar-refractivity contribution in [1.29, 1.82) is 0 Å². The number of ether oxygens (including phenoxy) is 1. The fourth-order valence-corrected chi connectivity index (χ4v) is 4.87. The Kier molecular flexibility index (Phi) is 5.99. The average molecular weight is 402 g/mol. The van der Waals surface area contributed by atoms with Gasteiger partial charge in [0.05, 0.1) is 11.5 Å². The van der Waals surface area contributed by atoms with Gasteiger partial charge in [0, 0.05) is 18.3 Å². The van der Waals surface area contributed by atoms with Crippen LogP contribution in [0, 0.1) is 0 Å². The van der Waals surface area contributed by atoms with Crippen molar-refractivity contribution in [1.82, 2.24) is 4.90 Å². The third-order valence-corrected chi connectivity index (χ3v) is 6.29. The highest BCUT2D eigenvalue weighted by Crippen LogP contribution is 2.23. The van der Waals surface area contributed by atoms with Gasteiger partial charge in [-0.2, -0.15) is 0 Å². The number of nitrogens with one attached hydrogen (secondary N) is 1. The molecule has 0 aromatic heterocycles. The van der Waals surface area contributed by atoms with Crippen LogP contribution >= 0.6 is 0 Å². The number of likely N-dealkylation sites (N-methyl/N-ethyl adjacent to an activating group) is 1. The number of carbonyl (C=O) groups is 2. The van der Waals surface area contributed by atoms with Crippen molar-refractivity contribution in [3.8, 4) is 11.5 Å². The number of sulfone groups is 1. The second-order valence-corrected chi connectivity index (χ2v) is 8.77. The summed E-state index contributed by atoms with van der Waals surface area (Å²) in [6, 6.07) is 15.5. The van der Waals surface area contributed by atoms with Gasteiger partial charge in [-0.05, 0) is 49.7 Å². The minimum absolute atomic E-state index is 0.0476. The minimum Gasteiger partial charge on any atom is -0.457 e. The zero-order chi connectivity index (χ0) is 20.1. The molecular formula is C20H22N2O5S. The Hall–Kier alpha value is -2.87. The molecule has 1 aliphatic rings. The van der Waals surface area contributed by atoms with Crippen molar-refractivity contribution in [3.05, 3.63) is 54.6 Å². The van der Waals surface area contributed by atoms with Crippen LogP contribution in [0.2, 0.25) is 0 Å². The van der Waals surface area contributed by atoms with Crippen LogP contribution in [0.3, 0.4) is 0 Å². The molecule has 0 saturated carbocycles. The fourth-order valence-electron chi connectivity index (χ4n) is 3.13. The standard InChI is InChI=1S/C20H22N2O5S/c1-2-22(16-12-13-28(25,26)14-16)20(24)19(23)21-15-8-10-18(11-9-15)27-17-6-4-3-5-7-17/h3-11,16H,2,12-14H2,1H3,(H,21,23). The Balaban J connectivity index is 1.61. The molecule has 1 aliphatic heterocycles. The molecule has 148 valence electrons.